The van der Waals surface area contributed by atoms with Crippen LogP contribution in [0.15, 0.2) is 144 Å². The van der Waals surface area contributed by atoms with Gasteiger partial charge in [-0.3, -0.25) is 0 Å². The Hall–Kier alpha value is -6.60. The largest absolute Gasteiger partial charge is 0.466 e. The molecular formula is C66H57BN2OS2. The molecular weight excluding hydrogens is 912 g/mol. The summed E-state index contributed by atoms with van der Waals surface area (Å²) in [5.41, 5.74) is 20.2. The summed E-state index contributed by atoms with van der Waals surface area (Å²) in [4.78, 5) is 2.68. The van der Waals surface area contributed by atoms with Gasteiger partial charge < -0.3 is 13.8 Å². The van der Waals surface area contributed by atoms with Crippen molar-refractivity contribution in [3.05, 3.63) is 162 Å². The summed E-state index contributed by atoms with van der Waals surface area (Å²) in [5, 5.41) is 9.17. The molecule has 0 radical (unpaired) electrons. The monoisotopic (exact) mass is 968 g/mol. The number of aromatic nitrogens is 1. The summed E-state index contributed by atoms with van der Waals surface area (Å²) >= 11 is 3.94. The highest BCUT2D eigenvalue weighted by atomic mass is 32.1. The van der Waals surface area contributed by atoms with Crippen molar-refractivity contribution in [2.45, 2.75) is 104 Å². The summed E-state index contributed by atoms with van der Waals surface area (Å²) < 4.78 is 15.6. The maximum Gasteiger partial charge on any atom is 0.375 e. The molecule has 0 fully saturated rings. The fraction of sp³-hybridized carbons (Fsp3) is 0.242. The van der Waals surface area contributed by atoms with Crippen molar-refractivity contribution >= 4 is 125 Å². The molecule has 0 saturated heterocycles. The zero-order valence-electron chi connectivity index (χ0n) is 42.9. The van der Waals surface area contributed by atoms with E-state index >= 15 is 0 Å². The van der Waals surface area contributed by atoms with Crippen molar-refractivity contribution < 1.29 is 4.42 Å². The Bertz CT molecular complexity index is 4350. The second-order valence-corrected chi connectivity index (χ2v) is 26.9. The van der Waals surface area contributed by atoms with E-state index in [-0.39, 0.29) is 28.5 Å². The Morgan fingerprint density at radius 3 is 1.99 bits per heavy atom. The smallest absolute Gasteiger partial charge is 0.375 e. The van der Waals surface area contributed by atoms with Crippen molar-refractivity contribution in [2.75, 3.05) is 4.81 Å². The molecule has 6 heteroatoms. The molecule has 8 aromatic carbocycles. The molecule has 3 aliphatic rings. The first-order valence-electron chi connectivity index (χ1n) is 26.0. The Morgan fingerprint density at radius 2 is 1.24 bits per heavy atom. The van der Waals surface area contributed by atoms with Gasteiger partial charge in [-0.1, -0.05) is 142 Å². The number of anilines is 2. The number of rotatable bonds is 2. The van der Waals surface area contributed by atoms with Gasteiger partial charge in [0.25, 0.3) is 0 Å². The highest BCUT2D eigenvalue weighted by Gasteiger charge is 2.49. The van der Waals surface area contributed by atoms with Crippen LogP contribution in [-0.2, 0) is 21.7 Å². The van der Waals surface area contributed by atoms with E-state index in [2.05, 4.69) is 218 Å². The van der Waals surface area contributed by atoms with Crippen molar-refractivity contribution in [3.63, 3.8) is 0 Å². The van der Waals surface area contributed by atoms with Gasteiger partial charge in [-0.05, 0) is 146 Å². The lowest BCUT2D eigenvalue weighted by molar-refractivity contribution is 0.332. The lowest BCUT2D eigenvalue weighted by atomic mass is 9.46. The molecule has 0 unspecified atom stereocenters. The first-order chi connectivity index (χ1) is 34.4. The summed E-state index contributed by atoms with van der Waals surface area (Å²) in [6.45, 7) is 23.5. The molecule has 4 aromatic heterocycles. The molecule has 0 amide bonds. The van der Waals surface area contributed by atoms with Gasteiger partial charge in [0.2, 0.25) is 0 Å². The van der Waals surface area contributed by atoms with E-state index in [9.17, 15) is 0 Å². The normalized spacial score (nSPS) is 16.0. The molecule has 352 valence electrons. The number of benzene rings is 8. The predicted octanol–water partition coefficient (Wildman–Crippen LogP) is 18.1. The van der Waals surface area contributed by atoms with Gasteiger partial charge in [-0.2, -0.15) is 0 Å². The van der Waals surface area contributed by atoms with Crippen LogP contribution in [0.5, 0.6) is 0 Å². The predicted molar refractivity (Wildman–Crippen MR) is 313 cm³/mol. The van der Waals surface area contributed by atoms with Gasteiger partial charge in [0.05, 0.1) is 16.7 Å². The fourth-order valence-electron chi connectivity index (χ4n) is 13.3. The van der Waals surface area contributed by atoms with Gasteiger partial charge >= 0.3 is 6.85 Å². The first kappa shape index (κ1) is 43.0. The molecule has 72 heavy (non-hydrogen) atoms. The van der Waals surface area contributed by atoms with Gasteiger partial charge in [-0.15, -0.1) is 22.7 Å². The molecule has 6 heterocycles. The number of furan rings is 1. The maximum atomic E-state index is 7.57. The zero-order chi connectivity index (χ0) is 49.1. The molecule has 0 N–H and O–H groups in total. The summed E-state index contributed by atoms with van der Waals surface area (Å²) in [7, 11) is 0. The second kappa shape index (κ2) is 14.1. The lowest BCUT2D eigenvalue weighted by Gasteiger charge is -2.42. The maximum absolute atomic E-state index is 7.57. The van der Waals surface area contributed by atoms with Crippen LogP contribution in [0.4, 0.5) is 11.4 Å². The van der Waals surface area contributed by atoms with Gasteiger partial charge in [0.1, 0.15) is 11.2 Å². The minimum absolute atomic E-state index is 0.00595. The molecule has 15 rings (SSSR count). The highest BCUT2D eigenvalue weighted by Crippen LogP contribution is 2.56. The highest BCUT2D eigenvalue weighted by molar-refractivity contribution is 7.27. The molecule has 1 aliphatic carbocycles. The van der Waals surface area contributed by atoms with E-state index in [1.807, 2.05) is 22.7 Å². The molecule has 0 bridgehead atoms. The average Bonchev–Trinajstić information content (AvgIpc) is 4.12. The Morgan fingerprint density at radius 1 is 0.556 bits per heavy atom. The van der Waals surface area contributed by atoms with Crippen molar-refractivity contribution in [1.82, 2.24) is 4.57 Å². The summed E-state index contributed by atoms with van der Waals surface area (Å²) in [6, 6.07) is 54.0. The van der Waals surface area contributed by atoms with Crippen molar-refractivity contribution in [2.24, 2.45) is 0 Å². The fourth-order valence-corrected chi connectivity index (χ4v) is 15.7. The molecule has 2 aliphatic heterocycles. The first-order valence-corrected chi connectivity index (χ1v) is 27.6. The minimum atomic E-state index is -0.269. The number of hydrogen-bond donors (Lipinski definition) is 0. The Kier molecular flexibility index (Phi) is 8.44. The number of fused-ring (bicyclic) bond motifs is 19. The van der Waals surface area contributed by atoms with E-state index in [4.69, 9.17) is 4.42 Å². The zero-order valence-corrected chi connectivity index (χ0v) is 44.5. The van der Waals surface area contributed by atoms with Crippen molar-refractivity contribution in [3.8, 4) is 27.9 Å². The number of hydrogen-bond acceptors (Lipinski definition) is 4. The topological polar surface area (TPSA) is 21.3 Å². The number of thiophene rings is 2. The van der Waals surface area contributed by atoms with Gasteiger partial charge in [-0.25, -0.2) is 0 Å². The average molecular weight is 969 g/mol. The van der Waals surface area contributed by atoms with Crippen LogP contribution < -0.4 is 15.9 Å². The van der Waals surface area contributed by atoms with Crippen LogP contribution in [0.1, 0.15) is 104 Å². The standard InChI is InChI=1S/C66H57BN2OS2/c1-63(2,3)38-21-24-40(25-22-38)69-50-33-43-42-32-47-48(66(9,10)29-28-65(47,7)8)35-54(42)71-53(43)34-45(50)55-56-41-18-14-15-19-52(41)72-61(56)57-44-31-39(64(4,5)6)23-26-49(44)68-59-46-30-37(36-16-12-11-13-17-36)20-27-51(46)70-62(59)67(69)58(55)60(57)68/h11-27,30-35H,28-29H2,1-10H3. The third kappa shape index (κ3) is 5.74. The summed E-state index contributed by atoms with van der Waals surface area (Å²) in [6.07, 6.45) is 2.39. The molecule has 3 nitrogen and oxygen atoms in total. The van der Waals surface area contributed by atoms with E-state index < -0.39 is 0 Å². The lowest BCUT2D eigenvalue weighted by Crippen LogP contribution is -2.60. The number of nitrogens with zero attached hydrogens (tertiary/aromatic N) is 2. The Labute approximate surface area is 429 Å². The van der Waals surface area contributed by atoms with E-state index in [0.29, 0.717) is 0 Å². The van der Waals surface area contributed by atoms with Crippen LogP contribution in [-0.4, -0.2) is 11.4 Å². The van der Waals surface area contributed by atoms with Crippen LogP contribution in [0.3, 0.4) is 0 Å². The van der Waals surface area contributed by atoms with Crippen LogP contribution >= 0.6 is 22.7 Å². The molecule has 0 spiro atoms. The summed E-state index contributed by atoms with van der Waals surface area (Å²) in [5.74, 6) is 0. The van der Waals surface area contributed by atoms with E-state index in [1.54, 1.807) is 0 Å². The van der Waals surface area contributed by atoms with Crippen LogP contribution in [0.25, 0.3) is 101 Å². The SMILES string of the molecule is CC(C)(C)c1ccc(N2B3c4oc5ccc(-c6ccccc6)cc5c4-n4c5ccc(C(C)(C)C)cc5c5c6sc7ccccc7c6c(c3c54)-c3cc4sc5cc6c(cc5c4cc32)C(C)(C)CCC6(C)C)cc1. The van der Waals surface area contributed by atoms with Gasteiger partial charge in [0, 0.05) is 73.4 Å². The van der Waals surface area contributed by atoms with Crippen LogP contribution in [0.2, 0.25) is 0 Å². The Balaban J connectivity index is 1.15. The van der Waals surface area contributed by atoms with Gasteiger partial charge in [0.15, 0.2) is 0 Å². The molecule has 0 atom stereocenters. The van der Waals surface area contributed by atoms with Crippen LogP contribution in [0, 0.1) is 0 Å². The minimum Gasteiger partial charge on any atom is -0.466 e. The molecule has 0 saturated carbocycles. The van der Waals surface area contributed by atoms with E-state index in [0.717, 1.165) is 22.3 Å². The molecule has 12 aromatic rings. The quantitative estimate of drug-likeness (QED) is 0.161. The third-order valence-electron chi connectivity index (χ3n) is 17.3. The third-order valence-corrected chi connectivity index (χ3v) is 19.6. The second-order valence-electron chi connectivity index (χ2n) is 24.7. The van der Waals surface area contributed by atoms with E-state index in [1.165, 1.54) is 136 Å². The van der Waals surface area contributed by atoms with Crippen molar-refractivity contribution in [1.29, 1.82) is 0 Å².